The summed E-state index contributed by atoms with van der Waals surface area (Å²) in [5.41, 5.74) is 4.18. The summed E-state index contributed by atoms with van der Waals surface area (Å²) in [6.07, 6.45) is 11.6. The van der Waals surface area contributed by atoms with Crippen LogP contribution in [0.25, 0.3) is 6.08 Å². The van der Waals surface area contributed by atoms with Crippen LogP contribution in [0.2, 0.25) is 0 Å². The summed E-state index contributed by atoms with van der Waals surface area (Å²) in [5.74, 6) is 1.91. The van der Waals surface area contributed by atoms with E-state index in [-0.39, 0.29) is 23.0 Å². The molecule has 0 heterocycles. The second-order valence-corrected chi connectivity index (χ2v) is 11.5. The number of halogens is 1. The lowest BCUT2D eigenvalue weighted by molar-refractivity contribution is -0.0685. The molecule has 4 aliphatic carbocycles. The van der Waals surface area contributed by atoms with E-state index in [9.17, 15) is 10.2 Å². The van der Waals surface area contributed by atoms with Gasteiger partial charge in [-0.05, 0) is 91.4 Å². The Balaban J connectivity index is 1.46. The molecule has 0 amide bonds. The van der Waals surface area contributed by atoms with Gasteiger partial charge in [-0.1, -0.05) is 59.6 Å². The van der Waals surface area contributed by atoms with Crippen molar-refractivity contribution in [3.05, 3.63) is 51.5 Å². The number of aliphatic hydroxyl groups excluding tert-OH is 2. The molecule has 0 aliphatic heterocycles. The normalized spacial score (nSPS) is 45.3. The molecule has 2 N–H and O–H groups in total. The highest BCUT2D eigenvalue weighted by atomic mass is 79.9. The molecule has 0 aromatic heterocycles. The summed E-state index contributed by atoms with van der Waals surface area (Å²) in [7, 11) is 0. The monoisotopic (exact) mass is 456 g/mol. The fourth-order valence-corrected chi connectivity index (χ4v) is 7.68. The highest BCUT2D eigenvalue weighted by molar-refractivity contribution is 9.10. The van der Waals surface area contributed by atoms with E-state index in [1.807, 2.05) is 0 Å². The molecular formula is C26H33BrO2. The Morgan fingerprint density at radius 1 is 1.00 bits per heavy atom. The van der Waals surface area contributed by atoms with Gasteiger partial charge >= 0.3 is 0 Å². The van der Waals surface area contributed by atoms with E-state index in [1.165, 1.54) is 23.1 Å². The van der Waals surface area contributed by atoms with E-state index in [1.54, 1.807) is 0 Å². The largest absolute Gasteiger partial charge is 0.393 e. The number of hydrogen-bond acceptors (Lipinski definition) is 2. The van der Waals surface area contributed by atoms with Gasteiger partial charge in [0.1, 0.15) is 0 Å². The molecule has 156 valence electrons. The fraction of sp³-hybridized carbons (Fsp3) is 0.615. The van der Waals surface area contributed by atoms with Gasteiger partial charge < -0.3 is 10.2 Å². The lowest BCUT2D eigenvalue weighted by Crippen LogP contribution is -2.51. The molecule has 1 aromatic rings. The third kappa shape index (κ3) is 3.11. The highest BCUT2D eigenvalue weighted by Crippen LogP contribution is 2.65. The van der Waals surface area contributed by atoms with E-state index in [2.05, 4.69) is 66.2 Å². The predicted molar refractivity (Wildman–Crippen MR) is 121 cm³/mol. The van der Waals surface area contributed by atoms with Crippen molar-refractivity contribution in [3.8, 4) is 0 Å². The minimum atomic E-state index is -0.330. The molecule has 3 saturated carbocycles. The van der Waals surface area contributed by atoms with Crippen LogP contribution in [0.3, 0.4) is 0 Å². The average Bonchev–Trinajstić information content (AvgIpc) is 2.95. The number of rotatable bonds is 1. The fourth-order valence-electron chi connectivity index (χ4n) is 7.41. The lowest BCUT2D eigenvalue weighted by Gasteiger charge is -2.57. The first-order chi connectivity index (χ1) is 13.8. The molecule has 5 rings (SSSR count). The number of benzene rings is 1. The van der Waals surface area contributed by atoms with Crippen LogP contribution in [-0.2, 0) is 0 Å². The quantitative estimate of drug-likeness (QED) is 0.499. The van der Waals surface area contributed by atoms with Crippen LogP contribution in [0.15, 0.2) is 46.0 Å². The molecule has 0 bridgehead atoms. The molecule has 7 unspecified atom stereocenters. The first kappa shape index (κ1) is 20.0. The van der Waals surface area contributed by atoms with Gasteiger partial charge in [0.15, 0.2) is 0 Å². The molecule has 7 atom stereocenters. The molecule has 29 heavy (non-hydrogen) atoms. The molecule has 3 heteroatoms. The van der Waals surface area contributed by atoms with Crippen molar-refractivity contribution in [1.29, 1.82) is 0 Å². The van der Waals surface area contributed by atoms with Gasteiger partial charge in [-0.3, -0.25) is 0 Å². The van der Waals surface area contributed by atoms with Crippen molar-refractivity contribution >= 4 is 22.0 Å². The molecular weight excluding hydrogens is 424 g/mol. The number of aliphatic hydroxyl groups is 2. The maximum atomic E-state index is 11.4. The standard InChI is InChI=1S/C26H33BrO2/c1-25-11-9-20(28)15-18(25)5-8-21-22(25)10-12-26(2)23(21)14-17(24(26)29)13-16-3-6-19(27)7-4-16/h3-7,13,20-24,28-29H,8-12,14-15H2,1-2H3/b17-13+. The zero-order chi connectivity index (χ0) is 20.4. The van der Waals surface area contributed by atoms with Crippen molar-refractivity contribution in [2.75, 3.05) is 0 Å². The smallest absolute Gasteiger partial charge is 0.0809 e. The minimum absolute atomic E-state index is 0.00174. The second-order valence-electron chi connectivity index (χ2n) is 10.6. The van der Waals surface area contributed by atoms with Crippen molar-refractivity contribution in [2.45, 2.75) is 71.0 Å². The summed E-state index contributed by atoms with van der Waals surface area (Å²) in [5, 5.41) is 21.5. The first-order valence-corrected chi connectivity index (χ1v) is 12.1. The number of allylic oxidation sites excluding steroid dienone is 1. The summed E-state index contributed by atoms with van der Waals surface area (Å²) in [6.45, 7) is 4.81. The second kappa shape index (κ2) is 7.07. The third-order valence-corrected chi connectivity index (χ3v) is 9.70. The van der Waals surface area contributed by atoms with Crippen LogP contribution in [0, 0.1) is 28.6 Å². The summed E-state index contributed by atoms with van der Waals surface area (Å²) >= 11 is 3.51. The van der Waals surface area contributed by atoms with Gasteiger partial charge in [0.05, 0.1) is 12.2 Å². The Morgan fingerprint density at radius 2 is 1.76 bits per heavy atom. The molecule has 4 aliphatic rings. The van der Waals surface area contributed by atoms with Crippen LogP contribution in [0.1, 0.15) is 64.4 Å². The van der Waals surface area contributed by atoms with Crippen LogP contribution < -0.4 is 0 Å². The molecule has 3 fully saturated rings. The van der Waals surface area contributed by atoms with Crippen LogP contribution in [0.5, 0.6) is 0 Å². The molecule has 1 aromatic carbocycles. The van der Waals surface area contributed by atoms with E-state index in [0.29, 0.717) is 17.8 Å². The van der Waals surface area contributed by atoms with Crippen LogP contribution in [-0.4, -0.2) is 22.4 Å². The van der Waals surface area contributed by atoms with Gasteiger partial charge in [0, 0.05) is 9.89 Å². The van der Waals surface area contributed by atoms with Gasteiger partial charge in [-0.15, -0.1) is 0 Å². The Hall–Kier alpha value is -0.900. The number of fused-ring (bicyclic) bond motifs is 5. The SMILES string of the molecule is CC12CCC(O)CC1=CCC1C2CCC2(C)C(O)/C(=C/c3ccc(Br)cc3)CC12. The van der Waals surface area contributed by atoms with E-state index in [4.69, 9.17) is 0 Å². The Bertz CT molecular complexity index is 856. The van der Waals surface area contributed by atoms with Crippen LogP contribution >= 0.6 is 15.9 Å². The Labute approximate surface area is 183 Å². The van der Waals surface area contributed by atoms with Crippen molar-refractivity contribution in [2.24, 2.45) is 28.6 Å². The number of hydrogen-bond donors (Lipinski definition) is 2. The zero-order valence-corrected chi connectivity index (χ0v) is 19.2. The molecule has 0 spiro atoms. The van der Waals surface area contributed by atoms with E-state index in [0.717, 1.165) is 43.0 Å². The average molecular weight is 457 g/mol. The zero-order valence-electron chi connectivity index (χ0n) is 17.6. The van der Waals surface area contributed by atoms with Crippen molar-refractivity contribution in [1.82, 2.24) is 0 Å². The van der Waals surface area contributed by atoms with Gasteiger partial charge in [-0.25, -0.2) is 0 Å². The third-order valence-electron chi connectivity index (χ3n) is 9.17. The van der Waals surface area contributed by atoms with E-state index >= 15 is 0 Å². The first-order valence-electron chi connectivity index (χ1n) is 11.3. The molecule has 0 radical (unpaired) electrons. The molecule has 2 nitrogen and oxygen atoms in total. The van der Waals surface area contributed by atoms with E-state index < -0.39 is 0 Å². The maximum absolute atomic E-state index is 11.4. The topological polar surface area (TPSA) is 40.5 Å². The van der Waals surface area contributed by atoms with Gasteiger partial charge in [0.25, 0.3) is 0 Å². The summed E-state index contributed by atoms with van der Waals surface area (Å²) in [4.78, 5) is 0. The highest BCUT2D eigenvalue weighted by Gasteiger charge is 2.59. The minimum Gasteiger partial charge on any atom is -0.393 e. The van der Waals surface area contributed by atoms with Crippen molar-refractivity contribution in [3.63, 3.8) is 0 Å². The van der Waals surface area contributed by atoms with Gasteiger partial charge in [-0.2, -0.15) is 0 Å². The summed E-state index contributed by atoms with van der Waals surface area (Å²) in [6, 6.07) is 8.40. The predicted octanol–water partition coefficient (Wildman–Crippen LogP) is 6.13. The Morgan fingerprint density at radius 3 is 2.52 bits per heavy atom. The van der Waals surface area contributed by atoms with Gasteiger partial charge in [0.2, 0.25) is 0 Å². The Kier molecular flexibility index (Phi) is 4.88. The van der Waals surface area contributed by atoms with Crippen LogP contribution in [0.4, 0.5) is 0 Å². The molecule has 0 saturated heterocycles. The maximum Gasteiger partial charge on any atom is 0.0809 e. The summed E-state index contributed by atoms with van der Waals surface area (Å²) < 4.78 is 1.09. The van der Waals surface area contributed by atoms with Crippen molar-refractivity contribution < 1.29 is 10.2 Å². The lowest BCUT2D eigenvalue weighted by atomic mass is 9.48.